The predicted molar refractivity (Wildman–Crippen MR) is 122 cm³/mol. The molecule has 0 radical (unpaired) electrons. The highest BCUT2D eigenvalue weighted by atomic mass is 32.2. The molecule has 0 spiro atoms. The van der Waals surface area contributed by atoms with Gasteiger partial charge in [-0.15, -0.1) is 0 Å². The van der Waals surface area contributed by atoms with Crippen LogP contribution in [0.15, 0.2) is 53.4 Å². The SMILES string of the molecule is COc1ccc(S(=O)(=O)N(C)c2ccc(C(=O)NCCSC3CCCC3)cc2)cc1. The van der Waals surface area contributed by atoms with Crippen molar-refractivity contribution < 1.29 is 17.9 Å². The molecule has 30 heavy (non-hydrogen) atoms. The number of ether oxygens (including phenoxy) is 1. The van der Waals surface area contributed by atoms with Gasteiger partial charge < -0.3 is 10.1 Å². The third-order valence-electron chi connectivity index (χ3n) is 5.25. The first-order valence-electron chi connectivity index (χ1n) is 10.0. The molecule has 3 rings (SSSR count). The van der Waals surface area contributed by atoms with Gasteiger partial charge in [0, 0.05) is 30.2 Å². The number of rotatable bonds is 9. The Morgan fingerprint density at radius 2 is 1.73 bits per heavy atom. The van der Waals surface area contributed by atoms with Crippen LogP contribution < -0.4 is 14.4 Å². The lowest BCUT2D eigenvalue weighted by atomic mass is 10.2. The normalized spacial score (nSPS) is 14.5. The van der Waals surface area contributed by atoms with Gasteiger partial charge in [-0.1, -0.05) is 12.8 Å². The van der Waals surface area contributed by atoms with Crippen molar-refractivity contribution in [2.45, 2.75) is 35.8 Å². The van der Waals surface area contributed by atoms with E-state index in [1.807, 2.05) is 11.8 Å². The minimum Gasteiger partial charge on any atom is -0.497 e. The summed E-state index contributed by atoms with van der Waals surface area (Å²) in [6.45, 7) is 0.632. The first-order chi connectivity index (χ1) is 14.4. The molecule has 1 saturated carbocycles. The number of carbonyl (C=O) groups is 1. The fraction of sp³-hybridized carbons (Fsp3) is 0.409. The fourth-order valence-electron chi connectivity index (χ4n) is 3.41. The second-order valence-corrected chi connectivity index (χ2v) is 10.6. The molecule has 1 aliphatic rings. The number of anilines is 1. The Morgan fingerprint density at radius 3 is 2.33 bits per heavy atom. The number of hydrogen-bond donors (Lipinski definition) is 1. The summed E-state index contributed by atoms with van der Waals surface area (Å²) in [7, 11) is -0.677. The molecule has 0 bridgehead atoms. The van der Waals surface area contributed by atoms with Crippen molar-refractivity contribution in [1.29, 1.82) is 0 Å². The maximum Gasteiger partial charge on any atom is 0.264 e. The van der Waals surface area contributed by atoms with Gasteiger partial charge in [0.2, 0.25) is 0 Å². The van der Waals surface area contributed by atoms with E-state index in [4.69, 9.17) is 4.74 Å². The second kappa shape index (κ2) is 10.2. The van der Waals surface area contributed by atoms with Crippen LogP contribution >= 0.6 is 11.8 Å². The summed E-state index contributed by atoms with van der Waals surface area (Å²) in [5, 5.41) is 3.68. The van der Waals surface area contributed by atoms with Crippen LogP contribution in [-0.2, 0) is 10.0 Å². The fourth-order valence-corrected chi connectivity index (χ4v) is 5.83. The molecule has 0 aromatic heterocycles. The molecule has 0 aliphatic heterocycles. The summed E-state index contributed by atoms with van der Waals surface area (Å²) < 4.78 is 32.0. The minimum absolute atomic E-state index is 0.144. The van der Waals surface area contributed by atoms with Crippen molar-refractivity contribution in [3.63, 3.8) is 0 Å². The number of nitrogens with one attached hydrogen (secondary N) is 1. The van der Waals surface area contributed by atoms with Crippen LogP contribution in [0.2, 0.25) is 0 Å². The van der Waals surface area contributed by atoms with Crippen molar-refractivity contribution in [2.24, 2.45) is 0 Å². The third-order valence-corrected chi connectivity index (χ3v) is 8.44. The van der Waals surface area contributed by atoms with Crippen LogP contribution in [0.3, 0.4) is 0 Å². The Morgan fingerprint density at radius 1 is 1.10 bits per heavy atom. The number of amides is 1. The topological polar surface area (TPSA) is 75.7 Å². The zero-order chi connectivity index (χ0) is 21.6. The van der Waals surface area contributed by atoms with Gasteiger partial charge in [-0.3, -0.25) is 9.10 Å². The average molecular weight is 449 g/mol. The molecule has 0 atom stereocenters. The monoisotopic (exact) mass is 448 g/mol. The highest BCUT2D eigenvalue weighted by Gasteiger charge is 2.21. The molecular formula is C22H28N2O4S2. The largest absolute Gasteiger partial charge is 0.497 e. The average Bonchev–Trinajstić information content (AvgIpc) is 3.29. The van der Waals surface area contributed by atoms with Crippen molar-refractivity contribution >= 4 is 33.4 Å². The number of benzene rings is 2. The highest BCUT2D eigenvalue weighted by molar-refractivity contribution is 7.99. The van der Waals surface area contributed by atoms with Crippen LogP contribution in [0.1, 0.15) is 36.0 Å². The first-order valence-corrected chi connectivity index (χ1v) is 12.5. The van der Waals surface area contributed by atoms with Gasteiger partial charge >= 0.3 is 0 Å². The third kappa shape index (κ3) is 5.49. The molecule has 0 heterocycles. The number of nitrogens with zero attached hydrogens (tertiary/aromatic N) is 1. The van der Waals surface area contributed by atoms with E-state index in [2.05, 4.69) is 5.32 Å². The van der Waals surface area contributed by atoms with Crippen molar-refractivity contribution in [3.05, 3.63) is 54.1 Å². The van der Waals surface area contributed by atoms with E-state index in [1.165, 1.54) is 56.3 Å². The number of methoxy groups -OCH3 is 1. The van der Waals surface area contributed by atoms with E-state index in [0.717, 1.165) is 11.0 Å². The molecule has 1 N–H and O–H groups in total. The lowest BCUT2D eigenvalue weighted by molar-refractivity contribution is 0.0956. The Hall–Kier alpha value is -2.19. The van der Waals surface area contributed by atoms with Crippen LogP contribution in [0.4, 0.5) is 5.69 Å². The molecule has 1 aliphatic carbocycles. The first kappa shape index (κ1) is 22.5. The maximum atomic E-state index is 12.8. The predicted octanol–water partition coefficient (Wildman–Crippen LogP) is 3.93. The highest BCUT2D eigenvalue weighted by Crippen LogP contribution is 2.29. The van der Waals surface area contributed by atoms with Crippen LogP contribution in [0, 0.1) is 0 Å². The minimum atomic E-state index is -3.70. The zero-order valence-corrected chi connectivity index (χ0v) is 19.0. The Bertz CT molecular complexity index is 938. The summed E-state index contributed by atoms with van der Waals surface area (Å²) in [5.74, 6) is 1.36. The summed E-state index contributed by atoms with van der Waals surface area (Å²) in [4.78, 5) is 12.5. The molecular weight excluding hydrogens is 420 g/mol. The van der Waals surface area contributed by atoms with Gasteiger partial charge in [0.1, 0.15) is 5.75 Å². The smallest absolute Gasteiger partial charge is 0.264 e. The molecule has 2 aromatic carbocycles. The molecule has 2 aromatic rings. The van der Waals surface area contributed by atoms with Gasteiger partial charge in [0.25, 0.3) is 15.9 Å². The molecule has 162 valence electrons. The maximum absolute atomic E-state index is 12.8. The van der Waals surface area contributed by atoms with Crippen molar-refractivity contribution in [2.75, 3.05) is 30.8 Å². The van der Waals surface area contributed by atoms with E-state index in [1.54, 1.807) is 36.4 Å². The lowest BCUT2D eigenvalue weighted by Gasteiger charge is -2.20. The number of hydrogen-bond acceptors (Lipinski definition) is 5. The van der Waals surface area contributed by atoms with E-state index < -0.39 is 10.0 Å². The molecule has 1 amide bonds. The Labute approximate surface area is 183 Å². The van der Waals surface area contributed by atoms with Crippen molar-refractivity contribution in [3.8, 4) is 5.75 Å². The zero-order valence-electron chi connectivity index (χ0n) is 17.3. The quantitative estimate of drug-likeness (QED) is 0.589. The summed E-state index contributed by atoms with van der Waals surface area (Å²) in [6, 6.07) is 12.8. The van der Waals surface area contributed by atoms with Gasteiger partial charge in [0.05, 0.1) is 17.7 Å². The lowest BCUT2D eigenvalue weighted by Crippen LogP contribution is -2.27. The van der Waals surface area contributed by atoms with Gasteiger partial charge in [0.15, 0.2) is 0 Å². The molecule has 8 heteroatoms. The van der Waals surface area contributed by atoms with Crippen LogP contribution in [-0.4, -0.2) is 46.0 Å². The van der Waals surface area contributed by atoms with Crippen molar-refractivity contribution in [1.82, 2.24) is 5.32 Å². The van der Waals surface area contributed by atoms with E-state index in [0.29, 0.717) is 23.5 Å². The Balaban J connectivity index is 1.57. The summed E-state index contributed by atoms with van der Waals surface area (Å²) in [6.07, 6.45) is 5.21. The second-order valence-electron chi connectivity index (χ2n) is 7.23. The molecule has 6 nitrogen and oxygen atoms in total. The summed E-state index contributed by atoms with van der Waals surface area (Å²) in [5.41, 5.74) is 0.999. The molecule has 0 saturated heterocycles. The number of sulfonamides is 1. The molecule has 1 fully saturated rings. The Kier molecular flexibility index (Phi) is 7.66. The van der Waals surface area contributed by atoms with E-state index in [9.17, 15) is 13.2 Å². The number of carbonyl (C=O) groups excluding carboxylic acids is 1. The summed E-state index contributed by atoms with van der Waals surface area (Å²) >= 11 is 1.93. The van der Waals surface area contributed by atoms with Gasteiger partial charge in [-0.25, -0.2) is 8.42 Å². The molecule has 0 unspecified atom stereocenters. The van der Waals surface area contributed by atoms with E-state index in [-0.39, 0.29) is 10.8 Å². The van der Waals surface area contributed by atoms with E-state index >= 15 is 0 Å². The standard InChI is InChI=1S/C22H28N2O4S2/c1-24(30(26,27)21-13-11-19(28-2)12-14-21)18-9-7-17(8-10-18)22(25)23-15-16-29-20-5-3-4-6-20/h7-14,20H,3-6,15-16H2,1-2H3,(H,23,25). The number of thioether (sulfide) groups is 1. The van der Waals surface area contributed by atoms with Gasteiger partial charge in [-0.2, -0.15) is 11.8 Å². The van der Waals surface area contributed by atoms with Gasteiger partial charge in [-0.05, 0) is 61.4 Å². The van der Waals surface area contributed by atoms with Crippen LogP contribution in [0.25, 0.3) is 0 Å². The van der Waals surface area contributed by atoms with Crippen LogP contribution in [0.5, 0.6) is 5.75 Å².